The molecular formula is C7H11N3O4. The van der Waals surface area contributed by atoms with E-state index in [1.807, 2.05) is 6.92 Å². The highest BCUT2D eigenvalue weighted by molar-refractivity contribution is 5.67. The van der Waals surface area contributed by atoms with Crippen LogP contribution in [0.3, 0.4) is 0 Å². The molecule has 0 aliphatic carbocycles. The molecule has 1 aliphatic rings. The Morgan fingerprint density at radius 1 is 1.71 bits per heavy atom. The zero-order valence-electron chi connectivity index (χ0n) is 7.75. The summed E-state index contributed by atoms with van der Waals surface area (Å²) < 4.78 is 14.8. The summed E-state index contributed by atoms with van der Waals surface area (Å²) in [6.45, 7) is 2.66. The molecule has 1 rings (SSSR count). The van der Waals surface area contributed by atoms with Gasteiger partial charge in [-0.15, -0.1) is 0 Å². The third-order valence-corrected chi connectivity index (χ3v) is 1.52. The molecule has 0 bridgehead atoms. The molecule has 7 heteroatoms. The van der Waals surface area contributed by atoms with E-state index in [0.29, 0.717) is 6.61 Å². The highest BCUT2D eigenvalue weighted by Crippen LogP contribution is 2.23. The Hall–Kier alpha value is -1.30. The SMILES string of the molecule is CCCOC1OC1COC(=O)N=[N+]=[N-]. The second-order valence-electron chi connectivity index (χ2n) is 2.68. The second-order valence-corrected chi connectivity index (χ2v) is 2.68. The number of hydrogen-bond donors (Lipinski definition) is 0. The first-order valence-electron chi connectivity index (χ1n) is 4.27. The molecule has 1 amide bonds. The summed E-state index contributed by atoms with van der Waals surface area (Å²) in [5, 5.41) is 2.73. The summed E-state index contributed by atoms with van der Waals surface area (Å²) in [7, 11) is 0. The topological polar surface area (TPSA) is 96.8 Å². The molecule has 0 radical (unpaired) electrons. The minimum Gasteiger partial charge on any atom is -0.458 e. The largest absolute Gasteiger partial charge is 0.458 e. The first-order chi connectivity index (χ1) is 6.77. The number of amides is 1. The van der Waals surface area contributed by atoms with Gasteiger partial charge in [0.2, 0.25) is 0 Å². The van der Waals surface area contributed by atoms with Crippen LogP contribution < -0.4 is 0 Å². The molecule has 2 unspecified atom stereocenters. The third kappa shape index (κ3) is 3.61. The number of azide groups is 1. The minimum atomic E-state index is -0.947. The summed E-state index contributed by atoms with van der Waals surface area (Å²) in [5.74, 6) is 0. The summed E-state index contributed by atoms with van der Waals surface area (Å²) in [5.41, 5.74) is 7.89. The molecule has 14 heavy (non-hydrogen) atoms. The highest BCUT2D eigenvalue weighted by atomic mass is 16.8. The van der Waals surface area contributed by atoms with Gasteiger partial charge < -0.3 is 14.2 Å². The van der Waals surface area contributed by atoms with Crippen LogP contribution >= 0.6 is 0 Å². The maximum absolute atomic E-state index is 10.6. The van der Waals surface area contributed by atoms with E-state index in [1.165, 1.54) is 0 Å². The maximum Gasteiger partial charge on any atom is 0.396 e. The van der Waals surface area contributed by atoms with Gasteiger partial charge in [0.25, 0.3) is 0 Å². The smallest absolute Gasteiger partial charge is 0.396 e. The first-order valence-corrected chi connectivity index (χ1v) is 4.27. The zero-order valence-corrected chi connectivity index (χ0v) is 7.75. The molecule has 0 aromatic rings. The fraction of sp³-hybridized carbons (Fsp3) is 0.857. The quantitative estimate of drug-likeness (QED) is 0.292. The van der Waals surface area contributed by atoms with E-state index in [0.717, 1.165) is 6.42 Å². The summed E-state index contributed by atoms with van der Waals surface area (Å²) in [6.07, 6.45) is -0.545. The molecule has 7 nitrogen and oxygen atoms in total. The Balaban J connectivity index is 2.05. The molecule has 0 saturated carbocycles. The first kappa shape index (κ1) is 10.8. The zero-order chi connectivity index (χ0) is 10.4. The van der Waals surface area contributed by atoms with Crippen molar-refractivity contribution in [2.45, 2.75) is 25.7 Å². The normalized spacial score (nSPS) is 23.8. The van der Waals surface area contributed by atoms with Gasteiger partial charge in [0, 0.05) is 16.6 Å². The minimum absolute atomic E-state index is 0.0617. The van der Waals surface area contributed by atoms with Gasteiger partial charge in [-0.1, -0.05) is 6.92 Å². The van der Waals surface area contributed by atoms with E-state index < -0.39 is 6.09 Å². The lowest BCUT2D eigenvalue weighted by Gasteiger charge is -1.97. The van der Waals surface area contributed by atoms with Crippen molar-refractivity contribution in [3.05, 3.63) is 10.4 Å². The van der Waals surface area contributed by atoms with Gasteiger partial charge in [-0.25, -0.2) is 4.79 Å². The fourth-order valence-electron chi connectivity index (χ4n) is 0.844. The lowest BCUT2D eigenvalue weighted by Crippen LogP contribution is -2.09. The molecule has 0 aromatic heterocycles. The van der Waals surface area contributed by atoms with Crippen molar-refractivity contribution in [3.63, 3.8) is 0 Å². The molecule has 0 aromatic carbocycles. The number of hydrogen-bond acceptors (Lipinski definition) is 4. The standard InChI is InChI=1S/C7H11N3O4/c1-2-3-12-6-5(14-6)4-13-7(11)9-10-8/h5-6H,2-4H2,1H3. The van der Waals surface area contributed by atoms with Gasteiger partial charge in [0.05, 0.1) is 0 Å². The Kier molecular flexibility index (Phi) is 4.18. The molecule has 1 heterocycles. The van der Waals surface area contributed by atoms with E-state index in [1.54, 1.807) is 0 Å². The van der Waals surface area contributed by atoms with E-state index in [9.17, 15) is 4.79 Å². The van der Waals surface area contributed by atoms with Crippen LogP contribution in [0.15, 0.2) is 5.11 Å². The molecule has 0 N–H and O–H groups in total. The summed E-state index contributed by atoms with van der Waals surface area (Å²) in [6, 6.07) is 0. The molecule has 1 aliphatic heterocycles. The number of nitrogens with zero attached hydrogens (tertiary/aromatic N) is 3. The predicted octanol–water partition coefficient (Wildman–Crippen LogP) is 1.58. The van der Waals surface area contributed by atoms with Crippen molar-refractivity contribution in [2.24, 2.45) is 5.11 Å². The van der Waals surface area contributed by atoms with Gasteiger partial charge in [-0.3, -0.25) is 0 Å². The summed E-state index contributed by atoms with van der Waals surface area (Å²) >= 11 is 0. The number of rotatable bonds is 5. The lowest BCUT2D eigenvalue weighted by atomic mass is 10.5. The lowest BCUT2D eigenvalue weighted by molar-refractivity contribution is 0.0507. The van der Waals surface area contributed by atoms with Crippen LogP contribution in [0.4, 0.5) is 4.79 Å². The number of ether oxygens (including phenoxy) is 3. The van der Waals surface area contributed by atoms with Gasteiger partial charge in [0.15, 0.2) is 6.29 Å². The van der Waals surface area contributed by atoms with E-state index >= 15 is 0 Å². The van der Waals surface area contributed by atoms with Crippen molar-refractivity contribution in [1.82, 2.24) is 0 Å². The molecule has 1 saturated heterocycles. The molecular weight excluding hydrogens is 190 g/mol. The molecule has 78 valence electrons. The Labute approximate surface area is 80.6 Å². The fourth-order valence-corrected chi connectivity index (χ4v) is 0.844. The number of carbonyl (C=O) groups is 1. The maximum atomic E-state index is 10.6. The number of carbonyl (C=O) groups excluding carboxylic acids is 1. The van der Waals surface area contributed by atoms with E-state index in [4.69, 9.17) is 15.0 Å². The second kappa shape index (κ2) is 5.43. The van der Waals surface area contributed by atoms with Crippen molar-refractivity contribution in [1.29, 1.82) is 0 Å². The van der Waals surface area contributed by atoms with Crippen molar-refractivity contribution < 1.29 is 19.0 Å². The predicted molar refractivity (Wildman–Crippen MR) is 45.4 cm³/mol. The van der Waals surface area contributed by atoms with Crippen LogP contribution in [-0.4, -0.2) is 31.7 Å². The van der Waals surface area contributed by atoms with Crippen molar-refractivity contribution >= 4 is 6.09 Å². The Bertz CT molecular complexity index is 251. The van der Waals surface area contributed by atoms with Crippen LogP contribution in [0.5, 0.6) is 0 Å². The van der Waals surface area contributed by atoms with Crippen LogP contribution in [0, 0.1) is 0 Å². The molecule has 2 atom stereocenters. The van der Waals surface area contributed by atoms with Crippen LogP contribution in [0.25, 0.3) is 10.4 Å². The van der Waals surface area contributed by atoms with Crippen molar-refractivity contribution in [2.75, 3.05) is 13.2 Å². The van der Waals surface area contributed by atoms with Gasteiger partial charge in [0.1, 0.15) is 12.7 Å². The van der Waals surface area contributed by atoms with Gasteiger partial charge >= 0.3 is 6.09 Å². The van der Waals surface area contributed by atoms with Crippen LogP contribution in [0.2, 0.25) is 0 Å². The average Bonchev–Trinajstić information content (AvgIpc) is 2.91. The average molecular weight is 201 g/mol. The molecule has 1 fully saturated rings. The van der Waals surface area contributed by atoms with Gasteiger partial charge in [-0.05, 0) is 12.0 Å². The van der Waals surface area contributed by atoms with Crippen LogP contribution in [-0.2, 0) is 14.2 Å². The number of epoxide rings is 1. The highest BCUT2D eigenvalue weighted by Gasteiger charge is 2.40. The Morgan fingerprint density at radius 2 is 2.50 bits per heavy atom. The third-order valence-electron chi connectivity index (χ3n) is 1.52. The Morgan fingerprint density at radius 3 is 3.14 bits per heavy atom. The van der Waals surface area contributed by atoms with Gasteiger partial charge in [-0.2, -0.15) is 0 Å². The van der Waals surface area contributed by atoms with Crippen LogP contribution in [0.1, 0.15) is 13.3 Å². The van der Waals surface area contributed by atoms with E-state index in [-0.39, 0.29) is 19.0 Å². The summed E-state index contributed by atoms with van der Waals surface area (Å²) in [4.78, 5) is 12.8. The van der Waals surface area contributed by atoms with Crippen molar-refractivity contribution in [3.8, 4) is 0 Å². The van der Waals surface area contributed by atoms with E-state index in [2.05, 4.69) is 14.8 Å². The monoisotopic (exact) mass is 201 g/mol. The molecule has 0 spiro atoms.